The second kappa shape index (κ2) is 9.99. The Morgan fingerprint density at radius 1 is 1.07 bits per heavy atom. The van der Waals surface area contributed by atoms with Crippen molar-refractivity contribution in [2.75, 3.05) is 40.5 Å². The van der Waals surface area contributed by atoms with Crippen molar-refractivity contribution in [3.05, 3.63) is 42.1 Å². The van der Waals surface area contributed by atoms with Crippen LogP contribution in [0.4, 0.5) is 0 Å². The summed E-state index contributed by atoms with van der Waals surface area (Å²) in [5.74, 6) is 2.68. The number of benzene rings is 2. The van der Waals surface area contributed by atoms with Gasteiger partial charge in [-0.25, -0.2) is 0 Å². The minimum atomic E-state index is -0.640. The molecule has 0 fully saturated rings. The number of aliphatic hydroxyl groups is 1. The van der Waals surface area contributed by atoms with Crippen LogP contribution < -0.4 is 24.3 Å². The van der Waals surface area contributed by atoms with Crippen LogP contribution in [0.2, 0.25) is 0 Å². The average Bonchev–Trinajstić information content (AvgIpc) is 3.13. The van der Waals surface area contributed by atoms with Crippen molar-refractivity contribution in [2.24, 2.45) is 0 Å². The number of aliphatic hydroxyl groups excluding tert-OH is 1. The standard InChI is InChI=1S/C21H27N3O5/c1-14-21-17(24-23-14)5-4-6-19(21)29-13-15(25)12-22-9-10-28-16-7-8-18(26-2)20(11-16)27-3/h4-8,11,15,22,25H,9-10,12-13H2,1-3H3,(H,23,24)/t15-/m0/s1. The van der Waals surface area contributed by atoms with Crippen LogP contribution in [0.1, 0.15) is 5.69 Å². The van der Waals surface area contributed by atoms with Crippen LogP contribution in [0.15, 0.2) is 36.4 Å². The van der Waals surface area contributed by atoms with Gasteiger partial charge in [0.05, 0.1) is 25.1 Å². The van der Waals surface area contributed by atoms with Crippen LogP contribution >= 0.6 is 0 Å². The number of aryl methyl sites for hydroxylation is 1. The summed E-state index contributed by atoms with van der Waals surface area (Å²) in [5.41, 5.74) is 1.79. The Bertz CT molecular complexity index is 928. The summed E-state index contributed by atoms with van der Waals surface area (Å²) in [4.78, 5) is 0. The molecule has 3 rings (SSSR count). The van der Waals surface area contributed by atoms with Crippen molar-refractivity contribution in [3.63, 3.8) is 0 Å². The maximum absolute atomic E-state index is 10.2. The fourth-order valence-corrected chi connectivity index (χ4v) is 2.97. The second-order valence-corrected chi connectivity index (χ2v) is 6.53. The lowest BCUT2D eigenvalue weighted by Crippen LogP contribution is -2.33. The molecule has 0 saturated heterocycles. The summed E-state index contributed by atoms with van der Waals surface area (Å²) in [6, 6.07) is 11.1. The first-order valence-corrected chi connectivity index (χ1v) is 9.42. The highest BCUT2D eigenvalue weighted by atomic mass is 16.5. The minimum absolute atomic E-state index is 0.188. The summed E-state index contributed by atoms with van der Waals surface area (Å²) < 4.78 is 21.9. The van der Waals surface area contributed by atoms with Crippen molar-refractivity contribution in [1.82, 2.24) is 15.5 Å². The van der Waals surface area contributed by atoms with E-state index in [2.05, 4.69) is 15.5 Å². The molecule has 0 aliphatic rings. The Balaban J connectivity index is 1.38. The van der Waals surface area contributed by atoms with Crippen LogP contribution in [0, 0.1) is 6.92 Å². The summed E-state index contributed by atoms with van der Waals surface area (Å²) >= 11 is 0. The van der Waals surface area contributed by atoms with Crippen molar-refractivity contribution in [2.45, 2.75) is 13.0 Å². The third-order valence-electron chi connectivity index (χ3n) is 4.44. The summed E-state index contributed by atoms with van der Waals surface area (Å²) in [6.45, 7) is 3.57. The third-order valence-corrected chi connectivity index (χ3v) is 4.44. The van der Waals surface area contributed by atoms with E-state index in [9.17, 15) is 5.11 Å². The van der Waals surface area contributed by atoms with E-state index < -0.39 is 6.10 Å². The zero-order valence-corrected chi connectivity index (χ0v) is 16.9. The lowest BCUT2D eigenvalue weighted by atomic mass is 10.2. The summed E-state index contributed by atoms with van der Waals surface area (Å²) in [6.07, 6.45) is -0.640. The Labute approximate surface area is 169 Å². The first kappa shape index (κ1) is 20.8. The van der Waals surface area contributed by atoms with E-state index in [0.717, 1.165) is 16.6 Å². The molecular formula is C21H27N3O5. The Morgan fingerprint density at radius 3 is 2.69 bits per heavy atom. The fourth-order valence-electron chi connectivity index (χ4n) is 2.97. The molecule has 3 aromatic rings. The molecule has 1 heterocycles. The van der Waals surface area contributed by atoms with Gasteiger partial charge in [-0.3, -0.25) is 5.10 Å². The van der Waals surface area contributed by atoms with Gasteiger partial charge in [-0.1, -0.05) is 6.07 Å². The molecular weight excluding hydrogens is 374 g/mol. The number of nitrogens with one attached hydrogen (secondary N) is 2. The topological polar surface area (TPSA) is 97.9 Å². The molecule has 8 nitrogen and oxygen atoms in total. The van der Waals surface area contributed by atoms with E-state index in [-0.39, 0.29) is 6.61 Å². The van der Waals surface area contributed by atoms with Gasteiger partial charge in [-0.05, 0) is 31.2 Å². The molecule has 2 aromatic carbocycles. The molecule has 0 amide bonds. The van der Waals surface area contributed by atoms with Gasteiger partial charge >= 0.3 is 0 Å². The van der Waals surface area contributed by atoms with E-state index in [1.54, 1.807) is 26.4 Å². The zero-order chi connectivity index (χ0) is 20.6. The summed E-state index contributed by atoms with van der Waals surface area (Å²) in [7, 11) is 3.18. The van der Waals surface area contributed by atoms with Crippen LogP contribution in [-0.4, -0.2) is 61.9 Å². The first-order valence-electron chi connectivity index (χ1n) is 9.42. The Kier molecular flexibility index (Phi) is 7.15. The van der Waals surface area contributed by atoms with Gasteiger partial charge in [0.15, 0.2) is 11.5 Å². The molecule has 0 bridgehead atoms. The van der Waals surface area contributed by atoms with E-state index >= 15 is 0 Å². The third kappa shape index (κ3) is 5.30. The number of aromatic amines is 1. The van der Waals surface area contributed by atoms with Gasteiger partial charge < -0.3 is 29.4 Å². The van der Waals surface area contributed by atoms with Crippen molar-refractivity contribution < 1.29 is 24.1 Å². The van der Waals surface area contributed by atoms with E-state index in [1.165, 1.54) is 0 Å². The molecule has 3 N–H and O–H groups in total. The van der Waals surface area contributed by atoms with Gasteiger partial charge in [0.1, 0.15) is 30.8 Å². The highest BCUT2D eigenvalue weighted by molar-refractivity contribution is 5.87. The molecule has 29 heavy (non-hydrogen) atoms. The molecule has 0 radical (unpaired) electrons. The molecule has 0 spiro atoms. The van der Waals surface area contributed by atoms with Crippen molar-refractivity contribution >= 4 is 10.9 Å². The number of methoxy groups -OCH3 is 2. The quantitative estimate of drug-likeness (QED) is 0.424. The fraction of sp³-hybridized carbons (Fsp3) is 0.381. The lowest BCUT2D eigenvalue weighted by molar-refractivity contribution is 0.106. The molecule has 8 heteroatoms. The largest absolute Gasteiger partial charge is 0.493 e. The van der Waals surface area contributed by atoms with Crippen molar-refractivity contribution in [3.8, 4) is 23.0 Å². The first-order chi connectivity index (χ1) is 14.1. The number of hydrogen-bond donors (Lipinski definition) is 3. The smallest absolute Gasteiger partial charge is 0.164 e. The minimum Gasteiger partial charge on any atom is -0.493 e. The highest BCUT2D eigenvalue weighted by Gasteiger charge is 2.11. The number of aromatic nitrogens is 2. The highest BCUT2D eigenvalue weighted by Crippen LogP contribution is 2.30. The number of rotatable bonds is 11. The van der Waals surface area contributed by atoms with Crippen LogP contribution in [0.25, 0.3) is 10.9 Å². The van der Waals surface area contributed by atoms with E-state index in [1.807, 2.05) is 31.2 Å². The SMILES string of the molecule is COc1ccc(OCCNC[C@H](O)COc2cccc3n[nH]c(C)c23)cc1OC. The molecule has 0 aliphatic carbocycles. The second-order valence-electron chi connectivity index (χ2n) is 6.53. The van der Waals surface area contributed by atoms with Crippen LogP contribution in [0.5, 0.6) is 23.0 Å². The number of nitrogens with zero attached hydrogens (tertiary/aromatic N) is 1. The zero-order valence-electron chi connectivity index (χ0n) is 16.9. The molecule has 156 valence electrons. The summed E-state index contributed by atoms with van der Waals surface area (Å²) in [5, 5.41) is 21.4. The predicted octanol–water partition coefficient (Wildman–Crippen LogP) is 2.30. The Hall–Kier alpha value is -2.97. The molecule has 1 atom stereocenters. The van der Waals surface area contributed by atoms with Gasteiger partial charge in [0, 0.05) is 24.8 Å². The van der Waals surface area contributed by atoms with Crippen molar-refractivity contribution in [1.29, 1.82) is 0 Å². The lowest BCUT2D eigenvalue weighted by Gasteiger charge is -2.14. The molecule has 0 saturated carbocycles. The van der Waals surface area contributed by atoms with Crippen LogP contribution in [0.3, 0.4) is 0 Å². The van der Waals surface area contributed by atoms with Gasteiger partial charge in [0.25, 0.3) is 0 Å². The monoisotopic (exact) mass is 401 g/mol. The number of ether oxygens (including phenoxy) is 4. The Morgan fingerprint density at radius 2 is 1.90 bits per heavy atom. The van der Waals surface area contributed by atoms with Gasteiger partial charge in [-0.2, -0.15) is 5.10 Å². The van der Waals surface area contributed by atoms with Gasteiger partial charge in [0.2, 0.25) is 0 Å². The average molecular weight is 401 g/mol. The molecule has 0 unspecified atom stereocenters. The van der Waals surface area contributed by atoms with Crippen LogP contribution in [-0.2, 0) is 0 Å². The van der Waals surface area contributed by atoms with E-state index in [0.29, 0.717) is 42.7 Å². The molecule has 0 aliphatic heterocycles. The maximum atomic E-state index is 10.2. The predicted molar refractivity (Wildman–Crippen MR) is 110 cm³/mol. The number of hydrogen-bond acceptors (Lipinski definition) is 7. The molecule has 1 aromatic heterocycles. The maximum Gasteiger partial charge on any atom is 0.164 e. The number of fused-ring (bicyclic) bond motifs is 1. The number of H-pyrrole nitrogens is 1. The van der Waals surface area contributed by atoms with E-state index in [4.69, 9.17) is 18.9 Å². The van der Waals surface area contributed by atoms with Gasteiger partial charge in [-0.15, -0.1) is 0 Å². The normalized spacial score (nSPS) is 12.0.